The maximum absolute atomic E-state index is 2.48. The summed E-state index contributed by atoms with van der Waals surface area (Å²) in [6, 6.07) is 78.8. The van der Waals surface area contributed by atoms with Crippen LogP contribution < -0.4 is 4.90 Å². The quantitative estimate of drug-likeness (QED) is 0.162. The van der Waals surface area contributed by atoms with E-state index in [9.17, 15) is 0 Å². The molecule has 1 heterocycles. The first-order chi connectivity index (χ1) is 26.8. The van der Waals surface area contributed by atoms with Gasteiger partial charge in [-0.05, 0) is 81.6 Å². The summed E-state index contributed by atoms with van der Waals surface area (Å²) in [5.41, 5.74) is 12.9. The average molecular weight is 689 g/mol. The highest BCUT2D eigenvalue weighted by Gasteiger charge is 2.24. The summed E-state index contributed by atoms with van der Waals surface area (Å²) in [5, 5.41) is 6.11. The van der Waals surface area contributed by atoms with Crippen LogP contribution in [-0.4, -0.2) is 4.57 Å². The number of rotatable bonds is 7. The number of nitrogens with zero attached hydrogens (tertiary/aromatic N) is 2. The molecule has 0 spiro atoms. The SMILES string of the molecule is c1ccc(-c2c(-c3ccccc3)n(-c3ccccc3)c3c2cc(-c2ccc(N(c4ccccc4)c4cccc5ccccc45)cc2)c2ccccc23)cc1. The Kier molecular flexibility index (Phi) is 7.85. The molecule has 10 rings (SSSR count). The zero-order chi connectivity index (χ0) is 35.8. The predicted octanol–water partition coefficient (Wildman–Crippen LogP) is 14.4. The Morgan fingerprint density at radius 2 is 0.889 bits per heavy atom. The van der Waals surface area contributed by atoms with Crippen molar-refractivity contribution in [3.63, 3.8) is 0 Å². The zero-order valence-corrected chi connectivity index (χ0v) is 29.7. The summed E-state index contributed by atoms with van der Waals surface area (Å²) in [4.78, 5) is 2.37. The second kappa shape index (κ2) is 13.4. The Morgan fingerprint density at radius 3 is 1.59 bits per heavy atom. The molecular weight excluding hydrogens is 653 g/mol. The number of fused-ring (bicyclic) bond motifs is 4. The second-order valence-corrected chi connectivity index (χ2v) is 13.7. The maximum Gasteiger partial charge on any atom is 0.0620 e. The van der Waals surface area contributed by atoms with Gasteiger partial charge in [0.1, 0.15) is 0 Å². The van der Waals surface area contributed by atoms with Gasteiger partial charge in [0.15, 0.2) is 0 Å². The largest absolute Gasteiger partial charge is 0.310 e. The second-order valence-electron chi connectivity index (χ2n) is 13.7. The van der Waals surface area contributed by atoms with Crippen LogP contribution in [0.3, 0.4) is 0 Å². The highest BCUT2D eigenvalue weighted by molar-refractivity contribution is 6.20. The van der Waals surface area contributed by atoms with Gasteiger partial charge in [0.2, 0.25) is 0 Å². The monoisotopic (exact) mass is 688 g/mol. The van der Waals surface area contributed by atoms with Gasteiger partial charge in [-0.1, -0.05) is 170 Å². The normalized spacial score (nSPS) is 11.3. The fourth-order valence-electron chi connectivity index (χ4n) is 8.18. The lowest BCUT2D eigenvalue weighted by Crippen LogP contribution is -2.10. The molecule has 10 aromatic rings. The molecule has 9 aromatic carbocycles. The van der Waals surface area contributed by atoms with Crippen LogP contribution in [0, 0.1) is 0 Å². The standard InChI is InChI=1S/C52H36N2/c1-5-19-39(20-6-1)50-48-36-47(45-29-15-16-30-46(45)52(48)54(42-26-11-4-12-27-42)51(50)40-21-7-2-8-22-40)38-32-34-43(35-33-38)53(41-24-9-3-10-25-41)49-31-17-23-37-18-13-14-28-44(37)49/h1-36H. The molecule has 2 nitrogen and oxygen atoms in total. The number of hydrogen-bond donors (Lipinski definition) is 0. The predicted molar refractivity (Wildman–Crippen MR) is 229 cm³/mol. The first-order valence-corrected chi connectivity index (χ1v) is 18.5. The molecule has 54 heavy (non-hydrogen) atoms. The number of benzene rings is 9. The third-order valence-electron chi connectivity index (χ3n) is 10.6. The van der Waals surface area contributed by atoms with Gasteiger partial charge in [0.25, 0.3) is 0 Å². The molecule has 0 fully saturated rings. The molecule has 0 amide bonds. The van der Waals surface area contributed by atoms with Crippen molar-refractivity contribution in [3.8, 4) is 39.2 Å². The van der Waals surface area contributed by atoms with Gasteiger partial charge in [0, 0.05) is 38.8 Å². The Balaban J connectivity index is 1.23. The molecular formula is C52H36N2. The molecule has 0 N–H and O–H groups in total. The Hall–Kier alpha value is -7.16. The van der Waals surface area contributed by atoms with Crippen LogP contribution in [0.25, 0.3) is 71.6 Å². The minimum Gasteiger partial charge on any atom is -0.310 e. The van der Waals surface area contributed by atoms with Crippen LogP contribution in [-0.2, 0) is 0 Å². The maximum atomic E-state index is 2.48. The van der Waals surface area contributed by atoms with E-state index < -0.39 is 0 Å². The van der Waals surface area contributed by atoms with Crippen LogP contribution in [0.2, 0.25) is 0 Å². The highest BCUT2D eigenvalue weighted by atomic mass is 15.1. The number of hydrogen-bond acceptors (Lipinski definition) is 1. The summed E-state index contributed by atoms with van der Waals surface area (Å²) >= 11 is 0. The van der Waals surface area contributed by atoms with Crippen molar-refractivity contribution in [2.45, 2.75) is 0 Å². The lowest BCUT2D eigenvalue weighted by atomic mass is 9.92. The molecule has 0 aliphatic rings. The number of anilines is 3. The number of aromatic nitrogens is 1. The van der Waals surface area contributed by atoms with E-state index in [4.69, 9.17) is 0 Å². The van der Waals surface area contributed by atoms with Crippen molar-refractivity contribution in [2.24, 2.45) is 0 Å². The van der Waals surface area contributed by atoms with Gasteiger partial charge in [0.05, 0.1) is 16.9 Å². The van der Waals surface area contributed by atoms with Crippen molar-refractivity contribution >= 4 is 49.5 Å². The van der Waals surface area contributed by atoms with E-state index in [1.807, 2.05) is 0 Å². The van der Waals surface area contributed by atoms with Crippen LogP contribution in [0.1, 0.15) is 0 Å². The summed E-state index contributed by atoms with van der Waals surface area (Å²) in [5.74, 6) is 0. The van der Waals surface area contributed by atoms with Crippen molar-refractivity contribution in [3.05, 3.63) is 218 Å². The molecule has 0 radical (unpaired) electrons. The van der Waals surface area contributed by atoms with Gasteiger partial charge in [-0.15, -0.1) is 0 Å². The zero-order valence-electron chi connectivity index (χ0n) is 29.7. The average Bonchev–Trinajstić information content (AvgIpc) is 3.61. The van der Waals surface area contributed by atoms with Gasteiger partial charge in [-0.3, -0.25) is 0 Å². The van der Waals surface area contributed by atoms with E-state index in [1.54, 1.807) is 0 Å². The Morgan fingerprint density at radius 1 is 0.352 bits per heavy atom. The third kappa shape index (κ3) is 5.36. The summed E-state index contributed by atoms with van der Waals surface area (Å²) < 4.78 is 2.48. The molecule has 0 atom stereocenters. The molecule has 0 saturated carbocycles. The lowest BCUT2D eigenvalue weighted by Gasteiger charge is -2.27. The van der Waals surface area contributed by atoms with E-state index >= 15 is 0 Å². The van der Waals surface area contributed by atoms with E-state index in [0.717, 1.165) is 22.7 Å². The fourth-order valence-corrected chi connectivity index (χ4v) is 8.18. The fraction of sp³-hybridized carbons (Fsp3) is 0. The van der Waals surface area contributed by atoms with Crippen LogP contribution in [0.15, 0.2) is 218 Å². The smallest absolute Gasteiger partial charge is 0.0620 e. The van der Waals surface area contributed by atoms with Gasteiger partial charge in [-0.2, -0.15) is 0 Å². The number of para-hydroxylation sites is 2. The molecule has 0 aliphatic carbocycles. The van der Waals surface area contributed by atoms with Crippen molar-refractivity contribution in [1.29, 1.82) is 0 Å². The van der Waals surface area contributed by atoms with Crippen LogP contribution in [0.4, 0.5) is 17.1 Å². The molecule has 0 unspecified atom stereocenters. The van der Waals surface area contributed by atoms with Crippen molar-refractivity contribution < 1.29 is 0 Å². The van der Waals surface area contributed by atoms with Crippen molar-refractivity contribution in [2.75, 3.05) is 4.90 Å². The molecule has 1 aromatic heterocycles. The van der Waals surface area contributed by atoms with Gasteiger partial charge < -0.3 is 9.47 Å². The minimum absolute atomic E-state index is 1.11. The van der Waals surface area contributed by atoms with Crippen molar-refractivity contribution in [1.82, 2.24) is 4.57 Å². The van der Waals surface area contributed by atoms with Crippen LogP contribution >= 0.6 is 0 Å². The topological polar surface area (TPSA) is 8.17 Å². The molecule has 0 bridgehead atoms. The molecule has 254 valence electrons. The van der Waals surface area contributed by atoms with E-state index in [1.165, 1.54) is 66.0 Å². The molecule has 0 aliphatic heterocycles. The first kappa shape index (κ1) is 31.6. The Bertz CT molecular complexity index is 2890. The van der Waals surface area contributed by atoms with Gasteiger partial charge >= 0.3 is 0 Å². The van der Waals surface area contributed by atoms with E-state index in [-0.39, 0.29) is 0 Å². The lowest BCUT2D eigenvalue weighted by molar-refractivity contribution is 1.14. The summed E-state index contributed by atoms with van der Waals surface area (Å²) in [7, 11) is 0. The summed E-state index contributed by atoms with van der Waals surface area (Å²) in [6.07, 6.45) is 0. The minimum atomic E-state index is 1.11. The van der Waals surface area contributed by atoms with E-state index in [0.29, 0.717) is 0 Å². The molecule has 0 saturated heterocycles. The Labute approximate surface area is 315 Å². The highest BCUT2D eigenvalue weighted by Crippen LogP contribution is 2.48. The van der Waals surface area contributed by atoms with Crippen LogP contribution in [0.5, 0.6) is 0 Å². The van der Waals surface area contributed by atoms with E-state index in [2.05, 4.69) is 228 Å². The van der Waals surface area contributed by atoms with Gasteiger partial charge in [-0.25, -0.2) is 0 Å². The third-order valence-corrected chi connectivity index (χ3v) is 10.6. The molecule has 2 heteroatoms. The first-order valence-electron chi connectivity index (χ1n) is 18.5. The summed E-state index contributed by atoms with van der Waals surface area (Å²) in [6.45, 7) is 0.